The lowest BCUT2D eigenvalue weighted by Crippen LogP contribution is -2.12. The molecule has 2 rings (SSSR count). The van der Waals surface area contributed by atoms with Crippen molar-refractivity contribution in [1.29, 1.82) is 0 Å². The van der Waals surface area contributed by atoms with E-state index in [1.807, 2.05) is 50.2 Å². The minimum absolute atomic E-state index is 0.0761. The molecule has 0 aliphatic rings. The summed E-state index contributed by atoms with van der Waals surface area (Å²) in [6.07, 6.45) is 0.323. The fourth-order valence-corrected chi connectivity index (χ4v) is 2.74. The van der Waals surface area contributed by atoms with Crippen molar-refractivity contribution < 1.29 is 9.84 Å². The Labute approximate surface area is 127 Å². The van der Waals surface area contributed by atoms with Gasteiger partial charge in [-0.15, -0.1) is 0 Å². The second-order valence-corrected chi connectivity index (χ2v) is 5.34. The smallest absolute Gasteiger partial charge is 0.125 e. The molecule has 2 atom stereocenters. The zero-order valence-electron chi connectivity index (χ0n) is 13.0. The Hall–Kier alpha value is -1.80. The van der Waals surface area contributed by atoms with Crippen LogP contribution < -0.4 is 4.74 Å². The standard InChI is InChI=1S/C19H24O2/c1-4-16(15-9-7-6-8-10-15)19(20)17-13-14(3)11-12-18(17)21-5-2/h6-13,16,19-20H,4-5H2,1-3H3. The van der Waals surface area contributed by atoms with Gasteiger partial charge in [-0.05, 0) is 38.0 Å². The molecular weight excluding hydrogens is 260 g/mol. The summed E-state index contributed by atoms with van der Waals surface area (Å²) < 4.78 is 5.68. The molecule has 2 unspecified atom stereocenters. The van der Waals surface area contributed by atoms with E-state index in [0.29, 0.717) is 6.61 Å². The van der Waals surface area contributed by atoms with Gasteiger partial charge >= 0.3 is 0 Å². The SMILES string of the molecule is CCOc1ccc(C)cc1C(O)C(CC)c1ccccc1. The molecule has 2 heteroatoms. The Balaban J connectivity index is 2.37. The summed E-state index contributed by atoms with van der Waals surface area (Å²) in [4.78, 5) is 0. The molecule has 0 aliphatic heterocycles. The van der Waals surface area contributed by atoms with E-state index in [2.05, 4.69) is 19.1 Å². The number of rotatable bonds is 6. The molecule has 0 saturated heterocycles. The first-order valence-electron chi connectivity index (χ1n) is 7.63. The van der Waals surface area contributed by atoms with Crippen LogP contribution in [0.15, 0.2) is 48.5 Å². The summed E-state index contributed by atoms with van der Waals surface area (Å²) in [6.45, 7) is 6.71. The van der Waals surface area contributed by atoms with E-state index in [1.165, 1.54) is 0 Å². The van der Waals surface area contributed by atoms with Crippen LogP contribution in [0.1, 0.15) is 49.0 Å². The monoisotopic (exact) mass is 284 g/mol. The van der Waals surface area contributed by atoms with Gasteiger partial charge in [0.05, 0.1) is 12.7 Å². The highest BCUT2D eigenvalue weighted by molar-refractivity contribution is 5.40. The highest BCUT2D eigenvalue weighted by atomic mass is 16.5. The predicted molar refractivity (Wildman–Crippen MR) is 86.8 cm³/mol. The third-order valence-electron chi connectivity index (χ3n) is 3.83. The second-order valence-electron chi connectivity index (χ2n) is 5.34. The molecule has 0 aromatic heterocycles. The van der Waals surface area contributed by atoms with Crippen LogP contribution in [-0.4, -0.2) is 11.7 Å². The molecule has 0 spiro atoms. The fraction of sp³-hybridized carbons (Fsp3) is 0.368. The van der Waals surface area contributed by atoms with Crippen molar-refractivity contribution in [3.8, 4) is 5.75 Å². The summed E-state index contributed by atoms with van der Waals surface area (Å²) >= 11 is 0. The molecule has 1 N–H and O–H groups in total. The number of hydrogen-bond acceptors (Lipinski definition) is 2. The average Bonchev–Trinajstić information content (AvgIpc) is 2.51. The lowest BCUT2D eigenvalue weighted by atomic mass is 9.86. The van der Waals surface area contributed by atoms with Gasteiger partial charge in [0.25, 0.3) is 0 Å². The number of aryl methyl sites for hydroxylation is 1. The maximum Gasteiger partial charge on any atom is 0.125 e. The Kier molecular flexibility index (Phi) is 5.40. The zero-order chi connectivity index (χ0) is 15.2. The molecular formula is C19H24O2. The van der Waals surface area contributed by atoms with Gasteiger partial charge in [-0.25, -0.2) is 0 Å². The molecule has 0 saturated carbocycles. The Morgan fingerprint density at radius 2 is 1.76 bits per heavy atom. The summed E-state index contributed by atoms with van der Waals surface area (Å²) in [7, 11) is 0. The first kappa shape index (κ1) is 15.6. The molecule has 0 fully saturated rings. The van der Waals surface area contributed by atoms with E-state index < -0.39 is 6.10 Å². The summed E-state index contributed by atoms with van der Waals surface area (Å²) in [5, 5.41) is 10.9. The van der Waals surface area contributed by atoms with Crippen molar-refractivity contribution in [2.45, 2.75) is 39.2 Å². The summed E-state index contributed by atoms with van der Waals surface area (Å²) in [5.74, 6) is 0.859. The third kappa shape index (κ3) is 3.64. The highest BCUT2D eigenvalue weighted by Crippen LogP contribution is 2.38. The van der Waals surface area contributed by atoms with E-state index in [9.17, 15) is 5.11 Å². The molecule has 2 aromatic carbocycles. The van der Waals surface area contributed by atoms with Crippen LogP contribution >= 0.6 is 0 Å². The number of benzene rings is 2. The Bertz CT molecular complexity index is 563. The molecule has 2 nitrogen and oxygen atoms in total. The van der Waals surface area contributed by atoms with Gasteiger partial charge in [-0.2, -0.15) is 0 Å². The van der Waals surface area contributed by atoms with Crippen LogP contribution in [0.25, 0.3) is 0 Å². The number of aliphatic hydroxyl groups excluding tert-OH is 1. The molecule has 21 heavy (non-hydrogen) atoms. The zero-order valence-corrected chi connectivity index (χ0v) is 13.0. The molecule has 0 bridgehead atoms. The molecule has 0 radical (unpaired) electrons. The molecule has 2 aromatic rings. The molecule has 112 valence electrons. The largest absolute Gasteiger partial charge is 0.493 e. The van der Waals surface area contributed by atoms with Crippen LogP contribution in [0, 0.1) is 6.92 Å². The van der Waals surface area contributed by atoms with Gasteiger partial charge in [0.1, 0.15) is 5.75 Å². The van der Waals surface area contributed by atoms with E-state index in [-0.39, 0.29) is 5.92 Å². The van der Waals surface area contributed by atoms with Crippen LogP contribution in [0.5, 0.6) is 5.75 Å². The predicted octanol–water partition coefficient (Wildman–Crippen LogP) is 4.62. The topological polar surface area (TPSA) is 29.5 Å². The van der Waals surface area contributed by atoms with E-state index in [0.717, 1.165) is 28.9 Å². The van der Waals surface area contributed by atoms with Gasteiger partial charge in [0.15, 0.2) is 0 Å². The lowest BCUT2D eigenvalue weighted by molar-refractivity contribution is 0.138. The Morgan fingerprint density at radius 1 is 1.05 bits per heavy atom. The summed E-state index contributed by atoms with van der Waals surface area (Å²) in [6, 6.07) is 16.2. The number of aliphatic hydroxyl groups is 1. The number of ether oxygens (including phenoxy) is 1. The summed E-state index contributed by atoms with van der Waals surface area (Å²) in [5.41, 5.74) is 3.18. The maximum absolute atomic E-state index is 10.9. The van der Waals surface area contributed by atoms with E-state index >= 15 is 0 Å². The maximum atomic E-state index is 10.9. The Morgan fingerprint density at radius 3 is 2.38 bits per heavy atom. The van der Waals surface area contributed by atoms with Gasteiger partial charge in [0.2, 0.25) is 0 Å². The minimum Gasteiger partial charge on any atom is -0.493 e. The lowest BCUT2D eigenvalue weighted by Gasteiger charge is -2.24. The van der Waals surface area contributed by atoms with Gasteiger partial charge in [-0.3, -0.25) is 0 Å². The van der Waals surface area contributed by atoms with Crippen molar-refractivity contribution >= 4 is 0 Å². The van der Waals surface area contributed by atoms with Crippen molar-refractivity contribution in [3.63, 3.8) is 0 Å². The van der Waals surface area contributed by atoms with Crippen molar-refractivity contribution in [3.05, 3.63) is 65.2 Å². The van der Waals surface area contributed by atoms with Crippen LogP contribution in [0.2, 0.25) is 0 Å². The fourth-order valence-electron chi connectivity index (χ4n) is 2.74. The molecule has 0 amide bonds. The highest BCUT2D eigenvalue weighted by Gasteiger charge is 2.24. The first-order chi connectivity index (χ1) is 10.2. The van der Waals surface area contributed by atoms with E-state index in [4.69, 9.17) is 4.74 Å². The first-order valence-corrected chi connectivity index (χ1v) is 7.63. The van der Waals surface area contributed by atoms with Crippen molar-refractivity contribution in [2.75, 3.05) is 6.61 Å². The second kappa shape index (κ2) is 7.28. The van der Waals surface area contributed by atoms with Gasteiger partial charge in [0, 0.05) is 11.5 Å². The van der Waals surface area contributed by atoms with Crippen LogP contribution in [-0.2, 0) is 0 Å². The van der Waals surface area contributed by atoms with Gasteiger partial charge < -0.3 is 9.84 Å². The van der Waals surface area contributed by atoms with Crippen molar-refractivity contribution in [1.82, 2.24) is 0 Å². The van der Waals surface area contributed by atoms with E-state index in [1.54, 1.807) is 0 Å². The molecule has 0 heterocycles. The number of hydrogen-bond donors (Lipinski definition) is 1. The van der Waals surface area contributed by atoms with Crippen molar-refractivity contribution in [2.24, 2.45) is 0 Å². The quantitative estimate of drug-likeness (QED) is 0.838. The minimum atomic E-state index is -0.557. The third-order valence-corrected chi connectivity index (χ3v) is 3.83. The average molecular weight is 284 g/mol. The van der Waals surface area contributed by atoms with Crippen LogP contribution in [0.4, 0.5) is 0 Å². The normalized spacial score (nSPS) is 13.7. The van der Waals surface area contributed by atoms with Gasteiger partial charge in [-0.1, -0.05) is 48.9 Å². The van der Waals surface area contributed by atoms with Crippen LogP contribution in [0.3, 0.4) is 0 Å². The molecule has 0 aliphatic carbocycles.